The second kappa shape index (κ2) is 7.51. The van der Waals surface area contributed by atoms with E-state index in [0.29, 0.717) is 33.5 Å². The van der Waals surface area contributed by atoms with Gasteiger partial charge in [0.05, 0.1) is 24.5 Å². The zero-order chi connectivity index (χ0) is 21.5. The van der Waals surface area contributed by atoms with Gasteiger partial charge in [-0.25, -0.2) is 14.6 Å². The molecule has 0 spiro atoms. The Balaban J connectivity index is 1.69. The SMILES string of the molecule is CCOC(=O)c1cc(-c2cc(=NC3CC3)n3ncc(=Cc4[nH]c(=O)[nH]c4O)c3n2)cs1. The third kappa shape index (κ3) is 3.75. The van der Waals surface area contributed by atoms with Crippen LogP contribution in [-0.2, 0) is 4.74 Å². The van der Waals surface area contributed by atoms with Crippen molar-refractivity contribution in [3.8, 4) is 17.1 Å². The smallest absolute Gasteiger partial charge is 0.348 e. The molecule has 0 aliphatic heterocycles. The van der Waals surface area contributed by atoms with Crippen LogP contribution >= 0.6 is 11.3 Å². The molecular weight excluding hydrogens is 420 g/mol. The quantitative estimate of drug-likeness (QED) is 0.397. The number of imidazole rings is 1. The van der Waals surface area contributed by atoms with Crippen LogP contribution in [0.4, 0.5) is 0 Å². The largest absolute Gasteiger partial charge is 0.493 e. The van der Waals surface area contributed by atoms with Gasteiger partial charge in [-0.3, -0.25) is 9.98 Å². The van der Waals surface area contributed by atoms with Gasteiger partial charge < -0.3 is 14.8 Å². The number of aromatic nitrogens is 5. The summed E-state index contributed by atoms with van der Waals surface area (Å²) in [6, 6.07) is 3.85. The number of hydrogen-bond acceptors (Lipinski definition) is 8. The van der Waals surface area contributed by atoms with Crippen LogP contribution in [0.1, 0.15) is 35.1 Å². The van der Waals surface area contributed by atoms with Crippen molar-refractivity contribution in [3.63, 3.8) is 0 Å². The molecule has 0 atom stereocenters. The van der Waals surface area contributed by atoms with Crippen molar-refractivity contribution in [1.29, 1.82) is 0 Å². The molecule has 0 unspecified atom stereocenters. The maximum atomic E-state index is 12.0. The van der Waals surface area contributed by atoms with Crippen molar-refractivity contribution in [1.82, 2.24) is 24.6 Å². The minimum atomic E-state index is -0.511. The Labute approximate surface area is 178 Å². The number of rotatable bonds is 5. The molecule has 10 nitrogen and oxygen atoms in total. The van der Waals surface area contributed by atoms with Crippen LogP contribution in [0.15, 0.2) is 33.5 Å². The number of thiophene rings is 1. The highest BCUT2D eigenvalue weighted by atomic mass is 32.1. The van der Waals surface area contributed by atoms with E-state index < -0.39 is 5.69 Å². The van der Waals surface area contributed by atoms with Crippen molar-refractivity contribution < 1.29 is 14.6 Å². The van der Waals surface area contributed by atoms with Crippen molar-refractivity contribution in [3.05, 3.63) is 55.5 Å². The van der Waals surface area contributed by atoms with Gasteiger partial charge in [0.1, 0.15) is 10.6 Å². The molecular formula is C20H18N6O4S. The maximum Gasteiger partial charge on any atom is 0.348 e. The number of aromatic hydroxyl groups is 1. The molecule has 4 heterocycles. The van der Waals surface area contributed by atoms with E-state index in [1.807, 2.05) is 11.4 Å². The monoisotopic (exact) mass is 438 g/mol. The van der Waals surface area contributed by atoms with E-state index in [1.54, 1.807) is 29.8 Å². The molecule has 31 heavy (non-hydrogen) atoms. The second-order valence-electron chi connectivity index (χ2n) is 7.10. The summed E-state index contributed by atoms with van der Waals surface area (Å²) >= 11 is 1.29. The summed E-state index contributed by atoms with van der Waals surface area (Å²) < 4.78 is 6.71. The number of esters is 1. The van der Waals surface area contributed by atoms with Crippen LogP contribution < -0.4 is 16.4 Å². The van der Waals surface area contributed by atoms with E-state index in [2.05, 4.69) is 15.1 Å². The van der Waals surface area contributed by atoms with Gasteiger partial charge >= 0.3 is 11.7 Å². The molecule has 1 fully saturated rings. The molecule has 3 N–H and O–H groups in total. The topological polar surface area (TPSA) is 138 Å². The van der Waals surface area contributed by atoms with Crippen LogP contribution in [-0.4, -0.2) is 48.3 Å². The van der Waals surface area contributed by atoms with Crippen molar-refractivity contribution >= 4 is 29.0 Å². The van der Waals surface area contributed by atoms with Gasteiger partial charge in [-0.15, -0.1) is 11.3 Å². The number of nitrogens with zero attached hydrogens (tertiary/aromatic N) is 4. The van der Waals surface area contributed by atoms with Gasteiger partial charge in [0.2, 0.25) is 5.88 Å². The fourth-order valence-electron chi connectivity index (χ4n) is 3.12. The minimum Gasteiger partial charge on any atom is -0.493 e. The first kappa shape index (κ1) is 19.2. The second-order valence-corrected chi connectivity index (χ2v) is 8.01. The lowest BCUT2D eigenvalue weighted by atomic mass is 10.2. The lowest BCUT2D eigenvalue weighted by Crippen LogP contribution is -2.19. The summed E-state index contributed by atoms with van der Waals surface area (Å²) in [5, 5.41) is 16.7. The molecule has 5 rings (SSSR count). The number of carbonyl (C=O) groups is 1. The first-order valence-corrected chi connectivity index (χ1v) is 10.6. The van der Waals surface area contributed by atoms with Gasteiger partial charge in [-0.2, -0.15) is 9.61 Å². The molecule has 4 aromatic rings. The molecule has 0 aromatic carbocycles. The van der Waals surface area contributed by atoms with Gasteiger partial charge in [-0.05, 0) is 31.9 Å². The lowest BCUT2D eigenvalue weighted by Gasteiger charge is -2.01. The van der Waals surface area contributed by atoms with Gasteiger partial charge in [-0.1, -0.05) is 0 Å². The standard InChI is InChI=1S/C20H18N6O4S/c1-2-30-19(28)15-6-11(9-31-15)13-7-16(22-12-3-4-12)26-17(23-13)10(8-21-26)5-14-18(27)25-20(29)24-14/h5-9,12,27H,2-4H2,1H3,(H2,24,25,29). The molecule has 0 amide bonds. The third-order valence-corrected chi connectivity index (χ3v) is 5.66. The Morgan fingerprint density at radius 1 is 1.42 bits per heavy atom. The molecule has 158 valence electrons. The highest BCUT2D eigenvalue weighted by molar-refractivity contribution is 7.12. The van der Waals surface area contributed by atoms with Crippen molar-refractivity contribution in [2.75, 3.05) is 6.61 Å². The van der Waals surface area contributed by atoms with Crippen LogP contribution in [0, 0.1) is 0 Å². The number of fused-ring (bicyclic) bond motifs is 1. The Morgan fingerprint density at radius 3 is 2.97 bits per heavy atom. The number of H-pyrrole nitrogens is 2. The molecule has 1 saturated carbocycles. The van der Waals surface area contributed by atoms with Crippen LogP contribution in [0.3, 0.4) is 0 Å². The number of aromatic amines is 2. The molecule has 0 saturated heterocycles. The van der Waals surface area contributed by atoms with Crippen LogP contribution in [0.25, 0.3) is 23.0 Å². The summed E-state index contributed by atoms with van der Waals surface area (Å²) in [5.74, 6) is -0.631. The van der Waals surface area contributed by atoms with Gasteiger partial charge in [0.15, 0.2) is 11.1 Å². The third-order valence-electron chi connectivity index (χ3n) is 4.75. The zero-order valence-electron chi connectivity index (χ0n) is 16.5. The normalized spacial score (nSPS) is 15.1. The fraction of sp³-hybridized carbons (Fsp3) is 0.250. The van der Waals surface area contributed by atoms with Crippen molar-refractivity contribution in [2.45, 2.75) is 25.8 Å². The maximum absolute atomic E-state index is 12.0. The molecule has 1 aliphatic rings. The first-order chi connectivity index (χ1) is 15.0. The Bertz CT molecular complexity index is 1470. The Hall–Kier alpha value is -3.73. The van der Waals surface area contributed by atoms with E-state index >= 15 is 0 Å². The lowest BCUT2D eigenvalue weighted by molar-refractivity contribution is 0.0532. The Kier molecular flexibility index (Phi) is 4.66. The summed E-state index contributed by atoms with van der Waals surface area (Å²) in [7, 11) is 0. The molecule has 0 radical (unpaired) electrons. The molecule has 0 bridgehead atoms. The summed E-state index contributed by atoms with van der Waals surface area (Å²) in [4.78, 5) is 38.3. The fourth-order valence-corrected chi connectivity index (χ4v) is 3.92. The number of ether oxygens (including phenoxy) is 1. The minimum absolute atomic E-state index is 0.230. The molecule has 1 aliphatic carbocycles. The first-order valence-electron chi connectivity index (χ1n) is 9.73. The van der Waals surface area contributed by atoms with E-state index in [-0.39, 0.29) is 23.6 Å². The van der Waals surface area contributed by atoms with Crippen molar-refractivity contribution in [2.24, 2.45) is 4.99 Å². The average molecular weight is 438 g/mol. The average Bonchev–Trinajstić information content (AvgIpc) is 3.12. The number of nitrogens with one attached hydrogen (secondary N) is 2. The predicted octanol–water partition coefficient (Wildman–Crippen LogP) is 0.967. The highest BCUT2D eigenvalue weighted by Crippen LogP contribution is 2.25. The zero-order valence-corrected chi connectivity index (χ0v) is 17.3. The summed E-state index contributed by atoms with van der Waals surface area (Å²) in [6.45, 7) is 2.07. The number of carbonyl (C=O) groups excluding carboxylic acids is 1. The van der Waals surface area contributed by atoms with Gasteiger partial charge in [0.25, 0.3) is 0 Å². The molecule has 4 aromatic heterocycles. The van der Waals surface area contributed by atoms with Gasteiger partial charge in [0, 0.05) is 22.2 Å². The van der Waals surface area contributed by atoms with Crippen LogP contribution in [0.2, 0.25) is 0 Å². The van der Waals surface area contributed by atoms with E-state index in [4.69, 9.17) is 14.7 Å². The predicted molar refractivity (Wildman–Crippen MR) is 113 cm³/mol. The summed E-state index contributed by atoms with van der Waals surface area (Å²) in [5.41, 5.74) is 2.30. The molecule has 11 heteroatoms. The van der Waals surface area contributed by atoms with E-state index in [9.17, 15) is 14.7 Å². The summed E-state index contributed by atoms with van der Waals surface area (Å²) in [6.07, 6.45) is 5.25. The highest BCUT2D eigenvalue weighted by Gasteiger charge is 2.21. The number of hydrogen-bond donors (Lipinski definition) is 3. The Morgan fingerprint density at radius 2 is 2.26 bits per heavy atom. The van der Waals surface area contributed by atoms with E-state index in [0.717, 1.165) is 18.4 Å². The van der Waals surface area contributed by atoms with E-state index in [1.165, 1.54) is 11.3 Å². The van der Waals surface area contributed by atoms with Crippen LogP contribution in [0.5, 0.6) is 5.88 Å².